The van der Waals surface area contributed by atoms with Gasteiger partial charge in [0.15, 0.2) is 5.82 Å². The number of benzene rings is 1. The third kappa shape index (κ3) is 3.75. The molecule has 0 N–H and O–H groups in total. The number of hydrogen-bond donors (Lipinski definition) is 0. The third-order valence-corrected chi connectivity index (χ3v) is 4.39. The van der Waals surface area contributed by atoms with Gasteiger partial charge >= 0.3 is 0 Å². The van der Waals surface area contributed by atoms with E-state index in [2.05, 4.69) is 10.2 Å². The van der Waals surface area contributed by atoms with Crippen molar-refractivity contribution in [3.05, 3.63) is 53.2 Å². The molecule has 1 saturated heterocycles. The third-order valence-electron chi connectivity index (χ3n) is 4.39. The fourth-order valence-electron chi connectivity index (χ4n) is 3.07. The molecule has 1 aliphatic heterocycles. The maximum Gasteiger partial charge on any atom is 0.227 e. The maximum atomic E-state index is 13.8. The normalized spacial score (nSPS) is 17.0. The first-order chi connectivity index (χ1) is 12.0. The molecule has 2 aromatic rings. The molecule has 1 aromatic carbocycles. The van der Waals surface area contributed by atoms with Crippen molar-refractivity contribution in [2.24, 2.45) is 0 Å². The molecule has 0 aliphatic carbocycles. The van der Waals surface area contributed by atoms with E-state index in [9.17, 15) is 13.6 Å². The molecule has 132 valence electrons. The van der Waals surface area contributed by atoms with Crippen molar-refractivity contribution in [2.75, 3.05) is 25.5 Å². The Hall–Kier alpha value is -2.57. The molecule has 7 heteroatoms. The minimum atomic E-state index is -0.569. The van der Waals surface area contributed by atoms with E-state index in [1.807, 2.05) is 31.1 Å². The Morgan fingerprint density at radius 3 is 2.72 bits per heavy atom. The number of likely N-dealkylation sites (tertiary alicyclic amines) is 1. The van der Waals surface area contributed by atoms with Crippen LogP contribution in [0.3, 0.4) is 0 Å². The summed E-state index contributed by atoms with van der Waals surface area (Å²) in [6, 6.07) is 6.71. The number of carbonyl (C=O) groups is 1. The summed E-state index contributed by atoms with van der Waals surface area (Å²) in [5.74, 6) is -0.611. The minimum absolute atomic E-state index is 0.0738. The van der Waals surface area contributed by atoms with Crippen LogP contribution in [0.2, 0.25) is 0 Å². The van der Waals surface area contributed by atoms with Crippen LogP contribution in [-0.4, -0.2) is 41.6 Å². The van der Waals surface area contributed by atoms with Crippen molar-refractivity contribution >= 4 is 11.7 Å². The summed E-state index contributed by atoms with van der Waals surface area (Å²) in [6.45, 7) is 0.581. The fourth-order valence-corrected chi connectivity index (χ4v) is 3.07. The van der Waals surface area contributed by atoms with Crippen LogP contribution in [0.25, 0.3) is 0 Å². The Bertz CT molecular complexity index is 764. The summed E-state index contributed by atoms with van der Waals surface area (Å²) >= 11 is 0. The molecule has 5 nitrogen and oxygen atoms in total. The lowest BCUT2D eigenvalue weighted by atomic mass is 10.1. The van der Waals surface area contributed by atoms with E-state index >= 15 is 0 Å². The number of rotatable bonds is 4. The number of hydrogen-bond acceptors (Lipinski definition) is 4. The molecule has 2 heterocycles. The van der Waals surface area contributed by atoms with Crippen LogP contribution in [0.4, 0.5) is 14.6 Å². The van der Waals surface area contributed by atoms with Gasteiger partial charge < -0.3 is 9.80 Å². The highest BCUT2D eigenvalue weighted by Gasteiger charge is 2.31. The van der Waals surface area contributed by atoms with Crippen LogP contribution in [-0.2, 0) is 11.2 Å². The van der Waals surface area contributed by atoms with Crippen LogP contribution < -0.4 is 4.90 Å². The maximum absolute atomic E-state index is 13.8. The fraction of sp³-hybridized carbons (Fsp3) is 0.389. The molecule has 1 aromatic heterocycles. The van der Waals surface area contributed by atoms with Crippen molar-refractivity contribution in [1.82, 2.24) is 15.1 Å². The minimum Gasteiger partial charge on any atom is -0.361 e. The van der Waals surface area contributed by atoms with Crippen molar-refractivity contribution < 1.29 is 13.6 Å². The largest absolute Gasteiger partial charge is 0.361 e. The smallest absolute Gasteiger partial charge is 0.227 e. The van der Waals surface area contributed by atoms with Crippen molar-refractivity contribution in [1.29, 1.82) is 0 Å². The molecule has 1 unspecified atom stereocenters. The van der Waals surface area contributed by atoms with E-state index in [0.29, 0.717) is 6.54 Å². The van der Waals surface area contributed by atoms with Crippen LogP contribution in [0.1, 0.15) is 30.1 Å². The summed E-state index contributed by atoms with van der Waals surface area (Å²) in [6.07, 6.45) is 1.47. The summed E-state index contributed by atoms with van der Waals surface area (Å²) in [5, 5.41) is 8.39. The van der Waals surface area contributed by atoms with Gasteiger partial charge in [0.05, 0.1) is 18.2 Å². The zero-order valence-corrected chi connectivity index (χ0v) is 14.2. The van der Waals surface area contributed by atoms with E-state index < -0.39 is 11.6 Å². The lowest BCUT2D eigenvalue weighted by Gasteiger charge is -2.24. The molecule has 0 bridgehead atoms. The van der Waals surface area contributed by atoms with Gasteiger partial charge in [-0.05, 0) is 43.2 Å². The zero-order chi connectivity index (χ0) is 18.0. The lowest BCUT2D eigenvalue weighted by Crippen LogP contribution is -2.32. The Labute approximate surface area is 145 Å². The Morgan fingerprint density at radius 2 is 2.04 bits per heavy atom. The van der Waals surface area contributed by atoms with E-state index in [0.717, 1.165) is 42.6 Å². The van der Waals surface area contributed by atoms with Gasteiger partial charge in [0.2, 0.25) is 5.91 Å². The van der Waals surface area contributed by atoms with Gasteiger partial charge in [-0.3, -0.25) is 4.79 Å². The first-order valence-electron chi connectivity index (χ1n) is 8.20. The van der Waals surface area contributed by atoms with Gasteiger partial charge in [-0.15, -0.1) is 5.10 Å². The van der Waals surface area contributed by atoms with Crippen molar-refractivity contribution in [3.63, 3.8) is 0 Å². The molecule has 1 aliphatic rings. The molecule has 3 rings (SSSR count). The topological polar surface area (TPSA) is 49.3 Å². The van der Waals surface area contributed by atoms with Gasteiger partial charge in [-0.1, -0.05) is 0 Å². The summed E-state index contributed by atoms with van der Waals surface area (Å²) in [5.41, 5.74) is 0.792. The van der Waals surface area contributed by atoms with Gasteiger partial charge in [0.25, 0.3) is 0 Å². The Kier molecular flexibility index (Phi) is 4.92. The predicted molar refractivity (Wildman–Crippen MR) is 90.1 cm³/mol. The van der Waals surface area contributed by atoms with E-state index in [1.165, 1.54) is 0 Å². The second-order valence-corrected chi connectivity index (χ2v) is 6.37. The first-order valence-corrected chi connectivity index (χ1v) is 8.20. The van der Waals surface area contributed by atoms with Crippen molar-refractivity contribution in [2.45, 2.75) is 25.3 Å². The second kappa shape index (κ2) is 7.13. The summed E-state index contributed by atoms with van der Waals surface area (Å²) < 4.78 is 27.1. The number of aromatic nitrogens is 2. The van der Waals surface area contributed by atoms with E-state index in [-0.39, 0.29) is 23.9 Å². The standard InChI is InChI=1S/C18H20F2N4O/c1-23(2)17-8-7-15(21-22-17)16-4-3-9-24(16)18(25)11-12-10-13(19)5-6-14(12)20/h5-8,10,16H,3-4,9,11H2,1-2H3. The van der Waals surface area contributed by atoms with Crippen LogP contribution >= 0.6 is 0 Å². The van der Waals surface area contributed by atoms with E-state index in [1.54, 1.807) is 4.90 Å². The van der Waals surface area contributed by atoms with Gasteiger partial charge in [0.1, 0.15) is 11.6 Å². The molecular weight excluding hydrogens is 326 g/mol. The number of nitrogens with zero attached hydrogens (tertiary/aromatic N) is 4. The molecule has 1 atom stereocenters. The number of halogens is 2. The van der Waals surface area contributed by atoms with Crippen LogP contribution in [0.15, 0.2) is 30.3 Å². The molecule has 0 radical (unpaired) electrons. The molecule has 0 saturated carbocycles. The highest BCUT2D eigenvalue weighted by molar-refractivity contribution is 5.79. The second-order valence-electron chi connectivity index (χ2n) is 6.37. The Morgan fingerprint density at radius 1 is 1.24 bits per heavy atom. The number of carbonyl (C=O) groups excluding carboxylic acids is 1. The van der Waals surface area contributed by atoms with Gasteiger partial charge in [0, 0.05) is 26.2 Å². The summed E-state index contributed by atoms with van der Waals surface area (Å²) in [4.78, 5) is 16.2. The quantitative estimate of drug-likeness (QED) is 0.854. The number of anilines is 1. The highest BCUT2D eigenvalue weighted by atomic mass is 19.1. The van der Waals surface area contributed by atoms with Gasteiger partial charge in [-0.2, -0.15) is 5.10 Å². The highest BCUT2D eigenvalue weighted by Crippen LogP contribution is 2.31. The predicted octanol–water partition coefficient (Wildman–Crippen LogP) is 2.73. The molecule has 1 fully saturated rings. The van der Waals surface area contributed by atoms with Gasteiger partial charge in [-0.25, -0.2) is 8.78 Å². The molecule has 25 heavy (non-hydrogen) atoms. The SMILES string of the molecule is CN(C)c1ccc(C2CCCN2C(=O)Cc2cc(F)ccc2F)nn1. The molecular formula is C18H20F2N4O. The van der Waals surface area contributed by atoms with Crippen LogP contribution in [0.5, 0.6) is 0 Å². The van der Waals surface area contributed by atoms with Crippen LogP contribution in [0, 0.1) is 11.6 Å². The Balaban J connectivity index is 1.76. The lowest BCUT2D eigenvalue weighted by molar-refractivity contribution is -0.131. The molecule has 0 spiro atoms. The number of amides is 1. The average molecular weight is 346 g/mol. The van der Waals surface area contributed by atoms with E-state index in [4.69, 9.17) is 0 Å². The first kappa shape index (κ1) is 17.3. The zero-order valence-electron chi connectivity index (χ0n) is 14.2. The molecule has 1 amide bonds. The van der Waals surface area contributed by atoms with Crippen molar-refractivity contribution in [3.8, 4) is 0 Å². The average Bonchev–Trinajstić information content (AvgIpc) is 3.08. The monoisotopic (exact) mass is 346 g/mol. The summed E-state index contributed by atoms with van der Waals surface area (Å²) in [7, 11) is 3.76.